The first-order valence-electron chi connectivity index (χ1n) is 10.7. The zero-order valence-electron chi connectivity index (χ0n) is 17.6. The number of rotatable bonds is 5. The van der Waals surface area contributed by atoms with Crippen molar-refractivity contribution in [1.82, 2.24) is 14.5 Å². The van der Waals surface area contributed by atoms with Gasteiger partial charge in [-0.2, -0.15) is 0 Å². The molecule has 32 heavy (non-hydrogen) atoms. The third-order valence-electron chi connectivity index (χ3n) is 5.61. The second-order valence-corrected chi connectivity index (χ2v) is 7.67. The third kappa shape index (κ3) is 4.32. The van der Waals surface area contributed by atoms with Crippen LogP contribution in [0.2, 0.25) is 0 Å². The summed E-state index contributed by atoms with van der Waals surface area (Å²) < 4.78 is 1.99. The molecule has 1 aliphatic rings. The maximum absolute atomic E-state index is 12.6. The third-order valence-corrected chi connectivity index (χ3v) is 5.61. The first kappa shape index (κ1) is 19.8. The average Bonchev–Trinajstić information content (AvgIpc) is 3.40. The molecule has 0 aliphatic carbocycles. The van der Waals surface area contributed by atoms with Gasteiger partial charge in [-0.25, -0.2) is 9.97 Å². The number of aromatic nitrogens is 3. The molecule has 0 radical (unpaired) electrons. The summed E-state index contributed by atoms with van der Waals surface area (Å²) >= 11 is 0. The summed E-state index contributed by atoms with van der Waals surface area (Å²) in [6.45, 7) is 3.55. The largest absolute Gasteiger partial charge is 0.368 e. The van der Waals surface area contributed by atoms with E-state index < -0.39 is 0 Å². The van der Waals surface area contributed by atoms with E-state index in [0.29, 0.717) is 17.2 Å². The molecule has 1 fully saturated rings. The van der Waals surface area contributed by atoms with E-state index in [1.54, 1.807) is 12.4 Å². The molecule has 0 saturated carbocycles. The van der Waals surface area contributed by atoms with E-state index in [0.717, 1.165) is 31.9 Å². The minimum Gasteiger partial charge on any atom is -0.368 e. The Labute approximate surface area is 187 Å². The minimum absolute atomic E-state index is 0.183. The molecule has 5 rings (SSSR count). The number of amides is 1. The van der Waals surface area contributed by atoms with Crippen LogP contribution in [0.3, 0.4) is 0 Å². The van der Waals surface area contributed by atoms with Crippen molar-refractivity contribution in [3.63, 3.8) is 0 Å². The van der Waals surface area contributed by atoms with Crippen LogP contribution in [0.4, 0.5) is 17.3 Å². The van der Waals surface area contributed by atoms with Gasteiger partial charge in [-0.1, -0.05) is 18.2 Å². The second kappa shape index (κ2) is 8.93. The fraction of sp³-hybridized carbons (Fsp3) is 0.160. The van der Waals surface area contributed by atoms with Crippen LogP contribution < -0.4 is 15.1 Å². The molecule has 1 N–H and O–H groups in total. The molecule has 2 aromatic carbocycles. The Bertz CT molecular complexity index is 1150. The van der Waals surface area contributed by atoms with Gasteiger partial charge in [-0.15, -0.1) is 0 Å². The van der Waals surface area contributed by atoms with Crippen LogP contribution in [0.25, 0.3) is 5.69 Å². The van der Waals surface area contributed by atoms with Gasteiger partial charge in [0.1, 0.15) is 0 Å². The van der Waals surface area contributed by atoms with Crippen LogP contribution >= 0.6 is 0 Å². The molecule has 0 spiro atoms. The Morgan fingerprint density at radius 3 is 2.00 bits per heavy atom. The van der Waals surface area contributed by atoms with Crippen LogP contribution in [0.1, 0.15) is 10.4 Å². The number of piperazine rings is 1. The topological polar surface area (TPSA) is 66.3 Å². The number of hydrogen-bond acceptors (Lipinski definition) is 5. The molecule has 1 saturated heterocycles. The Morgan fingerprint density at radius 2 is 1.34 bits per heavy atom. The first-order chi connectivity index (χ1) is 15.8. The zero-order valence-corrected chi connectivity index (χ0v) is 17.6. The molecule has 1 amide bonds. The van der Waals surface area contributed by atoms with Gasteiger partial charge in [0.05, 0.1) is 18.1 Å². The summed E-state index contributed by atoms with van der Waals surface area (Å²) in [6, 6.07) is 21.8. The summed E-state index contributed by atoms with van der Waals surface area (Å²) in [5, 5.41) is 2.87. The highest BCUT2D eigenvalue weighted by Crippen LogP contribution is 2.19. The van der Waals surface area contributed by atoms with E-state index in [2.05, 4.69) is 49.4 Å². The van der Waals surface area contributed by atoms with E-state index in [1.165, 1.54) is 5.69 Å². The maximum atomic E-state index is 12.6. The van der Waals surface area contributed by atoms with Gasteiger partial charge in [-0.05, 0) is 48.5 Å². The van der Waals surface area contributed by atoms with Crippen LogP contribution in [-0.4, -0.2) is 46.6 Å². The number of carbonyl (C=O) groups is 1. The van der Waals surface area contributed by atoms with Crippen molar-refractivity contribution < 1.29 is 4.79 Å². The Balaban J connectivity index is 1.18. The van der Waals surface area contributed by atoms with Gasteiger partial charge in [0.15, 0.2) is 0 Å². The second-order valence-electron chi connectivity index (χ2n) is 7.67. The maximum Gasteiger partial charge on any atom is 0.255 e. The van der Waals surface area contributed by atoms with E-state index in [9.17, 15) is 4.79 Å². The lowest BCUT2D eigenvalue weighted by Gasteiger charge is -2.36. The summed E-state index contributed by atoms with van der Waals surface area (Å²) in [5.41, 5.74) is 3.41. The Kier molecular flexibility index (Phi) is 5.53. The number of carbonyl (C=O) groups excluding carboxylic acids is 1. The highest BCUT2D eigenvalue weighted by Gasteiger charge is 2.19. The van der Waals surface area contributed by atoms with Crippen molar-refractivity contribution >= 4 is 23.2 Å². The Morgan fingerprint density at radius 1 is 0.719 bits per heavy atom. The molecular weight excluding hydrogens is 400 g/mol. The monoisotopic (exact) mass is 424 g/mol. The van der Waals surface area contributed by atoms with Crippen LogP contribution in [0.5, 0.6) is 0 Å². The number of anilines is 3. The normalized spacial score (nSPS) is 13.8. The van der Waals surface area contributed by atoms with Crippen molar-refractivity contribution in [2.45, 2.75) is 0 Å². The smallest absolute Gasteiger partial charge is 0.255 e. The SMILES string of the molecule is O=C(Nc1cnc(N2CCN(c3ccccc3)CC2)nc1)c1ccc(-n2cccc2)cc1. The molecule has 0 bridgehead atoms. The molecule has 7 nitrogen and oxygen atoms in total. The average molecular weight is 425 g/mol. The molecule has 2 aromatic heterocycles. The fourth-order valence-electron chi connectivity index (χ4n) is 3.85. The van der Waals surface area contributed by atoms with Gasteiger partial charge >= 0.3 is 0 Å². The summed E-state index contributed by atoms with van der Waals surface area (Å²) in [7, 11) is 0. The standard InChI is InChI=1S/C25H24N6O/c32-24(20-8-10-23(11-9-20)29-12-4-5-13-29)28-21-18-26-25(27-19-21)31-16-14-30(15-17-31)22-6-2-1-3-7-22/h1-13,18-19H,14-17H2,(H,28,32). The molecule has 3 heterocycles. The van der Waals surface area contributed by atoms with Crippen molar-refractivity contribution in [1.29, 1.82) is 0 Å². The molecular formula is C25H24N6O. The van der Waals surface area contributed by atoms with Crippen LogP contribution in [0, 0.1) is 0 Å². The number of nitrogens with one attached hydrogen (secondary N) is 1. The minimum atomic E-state index is -0.183. The van der Waals surface area contributed by atoms with E-state index >= 15 is 0 Å². The fourth-order valence-corrected chi connectivity index (χ4v) is 3.85. The lowest BCUT2D eigenvalue weighted by Crippen LogP contribution is -2.47. The number of benzene rings is 2. The van der Waals surface area contributed by atoms with E-state index in [1.807, 2.05) is 59.4 Å². The highest BCUT2D eigenvalue weighted by atomic mass is 16.1. The lowest BCUT2D eigenvalue weighted by molar-refractivity contribution is 0.102. The number of para-hydroxylation sites is 1. The summed E-state index contributed by atoms with van der Waals surface area (Å²) in [4.78, 5) is 26.1. The van der Waals surface area contributed by atoms with Gasteiger partial charge in [0.2, 0.25) is 5.95 Å². The van der Waals surface area contributed by atoms with Crippen molar-refractivity contribution in [2.24, 2.45) is 0 Å². The molecule has 160 valence electrons. The van der Waals surface area contributed by atoms with Crippen molar-refractivity contribution in [3.05, 3.63) is 97.1 Å². The molecule has 4 aromatic rings. The quantitative estimate of drug-likeness (QED) is 0.527. The molecule has 7 heteroatoms. The predicted molar refractivity (Wildman–Crippen MR) is 127 cm³/mol. The van der Waals surface area contributed by atoms with Crippen LogP contribution in [-0.2, 0) is 0 Å². The Hall–Kier alpha value is -4.13. The van der Waals surface area contributed by atoms with E-state index in [4.69, 9.17) is 0 Å². The highest BCUT2D eigenvalue weighted by molar-refractivity contribution is 6.04. The van der Waals surface area contributed by atoms with Crippen molar-refractivity contribution in [3.8, 4) is 5.69 Å². The van der Waals surface area contributed by atoms with Crippen molar-refractivity contribution in [2.75, 3.05) is 41.3 Å². The zero-order chi connectivity index (χ0) is 21.8. The van der Waals surface area contributed by atoms with Gasteiger partial charge in [0.25, 0.3) is 5.91 Å². The lowest BCUT2D eigenvalue weighted by atomic mass is 10.2. The van der Waals surface area contributed by atoms with Crippen LogP contribution in [0.15, 0.2) is 91.5 Å². The summed E-state index contributed by atoms with van der Waals surface area (Å²) in [6.07, 6.45) is 7.26. The number of nitrogens with zero attached hydrogens (tertiary/aromatic N) is 5. The van der Waals surface area contributed by atoms with Gasteiger partial charge < -0.3 is 19.7 Å². The van der Waals surface area contributed by atoms with Gasteiger partial charge in [0, 0.05) is 55.5 Å². The first-order valence-corrected chi connectivity index (χ1v) is 10.7. The molecule has 0 atom stereocenters. The summed E-state index contributed by atoms with van der Waals surface area (Å²) in [5.74, 6) is 0.503. The predicted octanol–water partition coefficient (Wildman–Crippen LogP) is 3.85. The number of hydrogen-bond donors (Lipinski definition) is 1. The van der Waals surface area contributed by atoms with E-state index in [-0.39, 0.29) is 5.91 Å². The molecule has 1 aliphatic heterocycles. The van der Waals surface area contributed by atoms with Gasteiger partial charge in [-0.3, -0.25) is 4.79 Å². The molecule has 0 unspecified atom stereocenters.